The van der Waals surface area contributed by atoms with E-state index in [1.54, 1.807) is 6.92 Å². The third-order valence-corrected chi connectivity index (χ3v) is 8.54. The summed E-state index contributed by atoms with van der Waals surface area (Å²) < 4.78 is 6.41. The zero-order chi connectivity index (χ0) is 28.6. The zero-order valence-corrected chi connectivity index (χ0v) is 25.9. The van der Waals surface area contributed by atoms with Crippen molar-refractivity contribution in [2.75, 3.05) is 6.61 Å². The van der Waals surface area contributed by atoms with Gasteiger partial charge in [-0.15, -0.1) is 0 Å². The van der Waals surface area contributed by atoms with Crippen molar-refractivity contribution in [2.24, 2.45) is 17.8 Å². The second-order valence-electron chi connectivity index (χ2n) is 12.5. The minimum atomic E-state index is -0.753. The van der Waals surface area contributed by atoms with Gasteiger partial charge in [0.1, 0.15) is 0 Å². The van der Waals surface area contributed by atoms with E-state index < -0.39 is 11.6 Å². The molecule has 5 atom stereocenters. The van der Waals surface area contributed by atoms with Gasteiger partial charge in [0.25, 0.3) is 0 Å². The van der Waals surface area contributed by atoms with Crippen LogP contribution < -0.4 is 0 Å². The molecule has 0 aromatic carbocycles. The molecular weight excluding hydrogens is 472 g/mol. The van der Waals surface area contributed by atoms with E-state index >= 15 is 0 Å². The first-order valence-corrected chi connectivity index (χ1v) is 15.6. The second kappa shape index (κ2) is 18.8. The quantitative estimate of drug-likeness (QED) is 0.114. The van der Waals surface area contributed by atoms with Crippen LogP contribution in [0.5, 0.6) is 0 Å². The number of aliphatic hydroxyl groups is 1. The van der Waals surface area contributed by atoms with E-state index in [-0.39, 0.29) is 12.0 Å². The van der Waals surface area contributed by atoms with Gasteiger partial charge in [-0.05, 0) is 96.5 Å². The van der Waals surface area contributed by atoms with Crippen LogP contribution in [0.3, 0.4) is 0 Å². The third kappa shape index (κ3) is 14.7. The van der Waals surface area contributed by atoms with E-state index in [1.165, 1.54) is 61.7 Å². The standard InChI is InChI=1S/C34H60O4/c1-8-9-10-11-25-38-32-30(6)28(4)20-22-31(32)21-19-27(3)16-12-15-26(2)17-13-23-34(7,37)24-14-18-29(5)33(35)36/h17,20,22,27,29-30,32,37H,8-16,18-19,21,23-25H2,1-7H3,(H,35,36)/b26-17+. The maximum absolute atomic E-state index is 11.0. The van der Waals surface area contributed by atoms with Gasteiger partial charge in [-0.3, -0.25) is 4.79 Å². The van der Waals surface area contributed by atoms with Crippen molar-refractivity contribution in [1.29, 1.82) is 0 Å². The number of unbranched alkanes of at least 4 members (excludes halogenated alkanes) is 3. The molecule has 1 aliphatic rings. The summed E-state index contributed by atoms with van der Waals surface area (Å²) in [6.45, 7) is 15.9. The largest absolute Gasteiger partial charge is 0.481 e. The monoisotopic (exact) mass is 532 g/mol. The van der Waals surface area contributed by atoms with Crippen molar-refractivity contribution in [3.05, 3.63) is 34.9 Å². The van der Waals surface area contributed by atoms with Crippen molar-refractivity contribution in [3.8, 4) is 0 Å². The molecule has 0 saturated heterocycles. The Morgan fingerprint density at radius 1 is 1.08 bits per heavy atom. The third-order valence-electron chi connectivity index (χ3n) is 8.54. The first-order chi connectivity index (χ1) is 18.0. The van der Waals surface area contributed by atoms with Crippen molar-refractivity contribution >= 4 is 5.97 Å². The minimum absolute atomic E-state index is 0.247. The fourth-order valence-corrected chi connectivity index (χ4v) is 5.32. The lowest BCUT2D eigenvalue weighted by Crippen LogP contribution is -2.28. The molecule has 0 aromatic rings. The Kier molecular flexibility index (Phi) is 17.2. The Morgan fingerprint density at radius 3 is 2.50 bits per heavy atom. The number of carboxylic acid groups (broad SMARTS) is 1. The van der Waals surface area contributed by atoms with Crippen LogP contribution in [0.2, 0.25) is 0 Å². The molecule has 0 spiro atoms. The lowest BCUT2D eigenvalue weighted by Gasteiger charge is -2.31. The summed E-state index contributed by atoms with van der Waals surface area (Å²) in [6.07, 6.45) is 21.7. The zero-order valence-electron chi connectivity index (χ0n) is 25.9. The van der Waals surface area contributed by atoms with Crippen molar-refractivity contribution in [1.82, 2.24) is 0 Å². The summed E-state index contributed by atoms with van der Waals surface area (Å²) in [5.74, 6) is 0.0784. The number of carboxylic acids is 1. The highest BCUT2D eigenvalue weighted by molar-refractivity contribution is 5.69. The Bertz CT molecular complexity index is 760. The van der Waals surface area contributed by atoms with E-state index in [4.69, 9.17) is 9.84 Å². The number of rotatable bonds is 21. The van der Waals surface area contributed by atoms with Gasteiger partial charge >= 0.3 is 5.97 Å². The molecule has 0 radical (unpaired) electrons. The molecule has 2 N–H and O–H groups in total. The molecule has 38 heavy (non-hydrogen) atoms. The number of aliphatic carboxylic acids is 1. The van der Waals surface area contributed by atoms with E-state index in [0.717, 1.165) is 38.7 Å². The smallest absolute Gasteiger partial charge is 0.306 e. The molecule has 4 nitrogen and oxygen atoms in total. The molecule has 4 heteroatoms. The summed E-state index contributed by atoms with van der Waals surface area (Å²) in [5.41, 5.74) is 3.59. The molecule has 0 bridgehead atoms. The molecule has 1 aliphatic carbocycles. The van der Waals surface area contributed by atoms with Crippen LogP contribution in [0.15, 0.2) is 34.9 Å². The first kappa shape index (κ1) is 34.6. The summed E-state index contributed by atoms with van der Waals surface area (Å²) in [7, 11) is 0. The highest BCUT2D eigenvalue weighted by Crippen LogP contribution is 2.32. The number of hydrogen-bond donors (Lipinski definition) is 2. The van der Waals surface area contributed by atoms with Crippen LogP contribution >= 0.6 is 0 Å². The fourth-order valence-electron chi connectivity index (χ4n) is 5.32. The first-order valence-electron chi connectivity index (χ1n) is 15.6. The van der Waals surface area contributed by atoms with Gasteiger partial charge in [0.15, 0.2) is 0 Å². The Hall–Kier alpha value is -1.39. The minimum Gasteiger partial charge on any atom is -0.481 e. The van der Waals surface area contributed by atoms with E-state index in [0.29, 0.717) is 24.7 Å². The molecule has 0 aromatic heterocycles. The van der Waals surface area contributed by atoms with Crippen molar-refractivity contribution in [3.63, 3.8) is 0 Å². The normalized spacial score (nSPS) is 21.4. The maximum atomic E-state index is 11.0. The molecule has 0 fully saturated rings. The lowest BCUT2D eigenvalue weighted by atomic mass is 9.83. The Morgan fingerprint density at radius 2 is 1.82 bits per heavy atom. The fraction of sp³-hybridized carbons (Fsp3) is 0.794. The Balaban J connectivity index is 2.34. The van der Waals surface area contributed by atoms with Crippen molar-refractivity contribution < 1.29 is 19.7 Å². The van der Waals surface area contributed by atoms with Gasteiger partial charge in [0.2, 0.25) is 0 Å². The van der Waals surface area contributed by atoms with Crippen LogP contribution in [-0.4, -0.2) is 34.5 Å². The average molecular weight is 533 g/mol. The SMILES string of the molecule is CCCCCCOC1C(CCC(C)CCC/C(C)=C/CCC(C)(O)CCCC(C)C(=O)O)=CC=C(C)C1C. The number of carbonyl (C=O) groups is 1. The molecule has 220 valence electrons. The van der Waals surface area contributed by atoms with E-state index in [9.17, 15) is 9.90 Å². The van der Waals surface area contributed by atoms with Crippen LogP contribution in [0, 0.1) is 17.8 Å². The van der Waals surface area contributed by atoms with E-state index in [1.807, 2.05) is 6.92 Å². The second-order valence-corrected chi connectivity index (χ2v) is 12.5. The molecule has 0 amide bonds. The predicted octanol–water partition coefficient (Wildman–Crippen LogP) is 9.43. The van der Waals surface area contributed by atoms with Gasteiger partial charge < -0.3 is 14.9 Å². The van der Waals surface area contributed by atoms with Crippen molar-refractivity contribution in [2.45, 2.75) is 150 Å². The topological polar surface area (TPSA) is 66.8 Å². The highest BCUT2D eigenvalue weighted by atomic mass is 16.5. The van der Waals surface area contributed by atoms with Crippen LogP contribution in [0.25, 0.3) is 0 Å². The average Bonchev–Trinajstić information content (AvgIpc) is 2.85. The number of allylic oxidation sites excluding steroid dienone is 4. The summed E-state index contributed by atoms with van der Waals surface area (Å²) in [6, 6.07) is 0. The predicted molar refractivity (Wildman–Crippen MR) is 161 cm³/mol. The summed E-state index contributed by atoms with van der Waals surface area (Å²) in [4.78, 5) is 11.0. The molecule has 0 saturated carbocycles. The lowest BCUT2D eigenvalue weighted by molar-refractivity contribution is -0.141. The highest BCUT2D eigenvalue weighted by Gasteiger charge is 2.26. The van der Waals surface area contributed by atoms with Crippen LogP contribution in [-0.2, 0) is 9.53 Å². The van der Waals surface area contributed by atoms with E-state index in [2.05, 4.69) is 52.8 Å². The molecular formula is C34H60O4. The molecule has 0 aliphatic heterocycles. The van der Waals surface area contributed by atoms with Gasteiger partial charge in [-0.2, -0.15) is 0 Å². The Labute approximate surface area is 235 Å². The number of hydrogen-bond acceptors (Lipinski definition) is 3. The number of ether oxygens (including phenoxy) is 1. The summed E-state index contributed by atoms with van der Waals surface area (Å²) >= 11 is 0. The maximum Gasteiger partial charge on any atom is 0.306 e. The molecule has 0 heterocycles. The van der Waals surface area contributed by atoms with Crippen LogP contribution in [0.4, 0.5) is 0 Å². The molecule has 1 rings (SSSR count). The van der Waals surface area contributed by atoms with Gasteiger partial charge in [0, 0.05) is 12.5 Å². The molecule has 5 unspecified atom stereocenters. The van der Waals surface area contributed by atoms with Crippen LogP contribution in [0.1, 0.15) is 138 Å². The van der Waals surface area contributed by atoms with Gasteiger partial charge in [0.05, 0.1) is 17.6 Å². The summed E-state index contributed by atoms with van der Waals surface area (Å²) in [5, 5.41) is 19.6. The van der Waals surface area contributed by atoms with Gasteiger partial charge in [-0.1, -0.05) is 82.8 Å². The van der Waals surface area contributed by atoms with Gasteiger partial charge in [-0.25, -0.2) is 0 Å².